The molecule has 2 aromatic heterocycles. The number of aromatic amines is 1. The summed E-state index contributed by atoms with van der Waals surface area (Å²) >= 11 is 0. The topological polar surface area (TPSA) is 88.8 Å². The molecular weight excluding hydrogens is 376 g/mol. The monoisotopic (exact) mass is 401 g/mol. The first-order valence-electron chi connectivity index (χ1n) is 10.5. The van der Waals surface area contributed by atoms with Crippen molar-refractivity contribution in [3.8, 4) is 0 Å². The summed E-state index contributed by atoms with van der Waals surface area (Å²) in [5.74, 6) is -1.10. The SMILES string of the molecule is NC(=O)c1nccc2[nH]c(C3CC4CC4CC3C3CCC(F)(F)CC3)cc(=O)c12. The number of nitrogens with zero attached hydrogens (tertiary/aromatic N) is 1. The third kappa shape index (κ3) is 3.34. The Labute approximate surface area is 167 Å². The Kier molecular flexibility index (Phi) is 4.26. The van der Waals surface area contributed by atoms with Crippen molar-refractivity contribution in [1.82, 2.24) is 9.97 Å². The molecule has 5 rings (SSSR count). The molecule has 2 heterocycles. The maximum Gasteiger partial charge on any atom is 0.268 e. The van der Waals surface area contributed by atoms with Crippen LogP contribution in [-0.4, -0.2) is 21.8 Å². The molecule has 3 saturated carbocycles. The van der Waals surface area contributed by atoms with Gasteiger partial charge in [0.1, 0.15) is 5.69 Å². The Morgan fingerprint density at radius 2 is 1.86 bits per heavy atom. The summed E-state index contributed by atoms with van der Waals surface area (Å²) in [6.07, 6.45) is 5.79. The van der Waals surface area contributed by atoms with Crippen LogP contribution in [0.25, 0.3) is 10.9 Å². The predicted molar refractivity (Wildman–Crippen MR) is 105 cm³/mol. The average Bonchev–Trinajstić information content (AvgIpc) is 3.45. The number of halogens is 2. The molecule has 4 atom stereocenters. The molecule has 4 unspecified atom stereocenters. The Morgan fingerprint density at radius 3 is 2.59 bits per heavy atom. The van der Waals surface area contributed by atoms with E-state index >= 15 is 0 Å². The summed E-state index contributed by atoms with van der Waals surface area (Å²) in [7, 11) is 0. The zero-order valence-corrected chi connectivity index (χ0v) is 16.2. The molecule has 0 aromatic carbocycles. The number of primary amides is 1. The third-order valence-corrected chi connectivity index (χ3v) is 7.48. The maximum atomic E-state index is 13.7. The van der Waals surface area contributed by atoms with Crippen molar-refractivity contribution in [2.45, 2.75) is 56.8 Å². The highest BCUT2D eigenvalue weighted by Crippen LogP contribution is 2.59. The van der Waals surface area contributed by atoms with Crippen LogP contribution in [0.15, 0.2) is 23.1 Å². The zero-order chi connectivity index (χ0) is 20.3. The van der Waals surface area contributed by atoms with Gasteiger partial charge >= 0.3 is 0 Å². The van der Waals surface area contributed by atoms with Crippen LogP contribution in [0.2, 0.25) is 0 Å². The first kappa shape index (κ1) is 18.7. The van der Waals surface area contributed by atoms with E-state index in [2.05, 4.69) is 9.97 Å². The van der Waals surface area contributed by atoms with Crippen molar-refractivity contribution in [3.63, 3.8) is 0 Å². The number of nitrogens with two attached hydrogens (primary N) is 1. The number of nitrogens with one attached hydrogen (secondary N) is 1. The minimum atomic E-state index is -2.53. The van der Waals surface area contributed by atoms with Crippen LogP contribution in [0.5, 0.6) is 0 Å². The summed E-state index contributed by atoms with van der Waals surface area (Å²) in [5, 5.41) is 0.220. The van der Waals surface area contributed by atoms with Crippen molar-refractivity contribution >= 4 is 16.8 Å². The molecule has 0 saturated heterocycles. The highest BCUT2D eigenvalue weighted by molar-refractivity contribution is 6.03. The molecule has 0 radical (unpaired) electrons. The van der Waals surface area contributed by atoms with Crippen LogP contribution < -0.4 is 11.2 Å². The molecule has 154 valence electrons. The number of rotatable bonds is 3. The molecule has 0 bridgehead atoms. The largest absolute Gasteiger partial charge is 0.364 e. The number of carbonyl (C=O) groups excluding carboxylic acids is 1. The Hall–Kier alpha value is -2.31. The summed E-state index contributed by atoms with van der Waals surface area (Å²) < 4.78 is 27.4. The highest BCUT2D eigenvalue weighted by atomic mass is 19.3. The lowest BCUT2D eigenvalue weighted by Gasteiger charge is -2.40. The fourth-order valence-electron chi connectivity index (χ4n) is 5.88. The Bertz CT molecular complexity index is 1020. The van der Waals surface area contributed by atoms with E-state index in [1.807, 2.05) is 0 Å². The molecular formula is C22H25F2N3O2. The summed E-state index contributed by atoms with van der Waals surface area (Å²) in [5.41, 5.74) is 6.51. The smallest absolute Gasteiger partial charge is 0.268 e. The van der Waals surface area contributed by atoms with E-state index in [1.54, 1.807) is 12.1 Å². The van der Waals surface area contributed by atoms with E-state index < -0.39 is 11.8 Å². The van der Waals surface area contributed by atoms with Crippen molar-refractivity contribution in [1.29, 1.82) is 0 Å². The van der Waals surface area contributed by atoms with Gasteiger partial charge in [0.2, 0.25) is 5.92 Å². The van der Waals surface area contributed by atoms with Crippen molar-refractivity contribution < 1.29 is 13.6 Å². The molecule has 3 aliphatic carbocycles. The lowest BCUT2D eigenvalue weighted by atomic mass is 9.66. The van der Waals surface area contributed by atoms with Gasteiger partial charge in [-0.3, -0.25) is 14.6 Å². The summed E-state index contributed by atoms with van der Waals surface area (Å²) in [4.78, 5) is 31.8. The van der Waals surface area contributed by atoms with Crippen LogP contribution in [0.3, 0.4) is 0 Å². The summed E-state index contributed by atoms with van der Waals surface area (Å²) in [6, 6.07) is 3.26. The van der Waals surface area contributed by atoms with Gasteiger partial charge in [0.05, 0.1) is 10.9 Å². The van der Waals surface area contributed by atoms with Crippen LogP contribution in [0.1, 0.15) is 67.0 Å². The normalized spacial score (nSPS) is 31.4. The van der Waals surface area contributed by atoms with Crippen molar-refractivity contribution in [2.75, 3.05) is 0 Å². The molecule has 5 nitrogen and oxygen atoms in total. The van der Waals surface area contributed by atoms with Gasteiger partial charge in [-0.25, -0.2) is 8.78 Å². The van der Waals surface area contributed by atoms with Gasteiger partial charge < -0.3 is 10.7 Å². The van der Waals surface area contributed by atoms with Crippen molar-refractivity contribution in [3.05, 3.63) is 39.9 Å². The van der Waals surface area contributed by atoms with E-state index in [-0.39, 0.29) is 41.2 Å². The van der Waals surface area contributed by atoms with Gasteiger partial charge in [-0.05, 0) is 61.8 Å². The van der Waals surface area contributed by atoms with Gasteiger partial charge in [0.25, 0.3) is 5.91 Å². The van der Waals surface area contributed by atoms with Crippen molar-refractivity contribution in [2.24, 2.45) is 29.4 Å². The van der Waals surface area contributed by atoms with Crippen LogP contribution in [0, 0.1) is 23.7 Å². The highest BCUT2D eigenvalue weighted by Gasteiger charge is 2.50. The molecule has 29 heavy (non-hydrogen) atoms. The number of alkyl halides is 2. The van der Waals surface area contributed by atoms with E-state index in [4.69, 9.17) is 5.73 Å². The molecule has 0 spiro atoms. The van der Waals surface area contributed by atoms with E-state index in [0.717, 1.165) is 24.5 Å². The minimum Gasteiger partial charge on any atom is -0.364 e. The number of amides is 1. The quantitative estimate of drug-likeness (QED) is 0.815. The Balaban J connectivity index is 1.52. The fourth-order valence-corrected chi connectivity index (χ4v) is 5.88. The number of pyridine rings is 2. The number of H-pyrrole nitrogens is 1. The second-order valence-electron chi connectivity index (χ2n) is 9.23. The minimum absolute atomic E-state index is 0.0211. The molecule has 1 amide bonds. The summed E-state index contributed by atoms with van der Waals surface area (Å²) in [6.45, 7) is 0. The second-order valence-corrected chi connectivity index (χ2v) is 9.23. The van der Waals surface area contributed by atoms with Gasteiger partial charge in [0.15, 0.2) is 5.43 Å². The van der Waals surface area contributed by atoms with Gasteiger partial charge in [-0.2, -0.15) is 0 Å². The molecule has 3 N–H and O–H groups in total. The predicted octanol–water partition coefficient (Wildman–Crippen LogP) is 3.98. The molecule has 3 fully saturated rings. The lowest BCUT2D eigenvalue weighted by Crippen LogP contribution is -2.33. The third-order valence-electron chi connectivity index (χ3n) is 7.48. The first-order chi connectivity index (χ1) is 13.8. The number of hydrogen-bond donors (Lipinski definition) is 2. The second kappa shape index (κ2) is 6.61. The van der Waals surface area contributed by atoms with Crippen LogP contribution in [0.4, 0.5) is 8.78 Å². The van der Waals surface area contributed by atoms with E-state index in [0.29, 0.717) is 30.2 Å². The van der Waals surface area contributed by atoms with E-state index in [9.17, 15) is 18.4 Å². The van der Waals surface area contributed by atoms with Gasteiger partial charge in [-0.1, -0.05) is 0 Å². The average molecular weight is 401 g/mol. The van der Waals surface area contributed by atoms with Crippen LogP contribution >= 0.6 is 0 Å². The fraction of sp³-hybridized carbons (Fsp3) is 0.591. The first-order valence-corrected chi connectivity index (χ1v) is 10.5. The number of hydrogen-bond acceptors (Lipinski definition) is 3. The lowest BCUT2D eigenvalue weighted by molar-refractivity contribution is -0.0560. The molecule has 7 heteroatoms. The van der Waals surface area contributed by atoms with Gasteiger partial charge in [-0.15, -0.1) is 0 Å². The van der Waals surface area contributed by atoms with Gasteiger partial charge in [0, 0.05) is 36.7 Å². The Morgan fingerprint density at radius 1 is 1.14 bits per heavy atom. The number of carbonyl (C=O) groups is 1. The standard InChI is InChI=1S/C22H25F2N3O2/c23-22(24)4-1-11(2-5-22)14-8-12-7-13(12)9-15(14)17-10-18(28)19-16(27-17)3-6-26-20(19)21(25)29/h3,6,10-15H,1-2,4-5,7-9H2,(H2,25,29)(H,27,28). The maximum absolute atomic E-state index is 13.7. The molecule has 2 aromatic rings. The zero-order valence-electron chi connectivity index (χ0n) is 16.2. The molecule has 0 aliphatic heterocycles. The molecule has 3 aliphatic rings. The van der Waals surface area contributed by atoms with E-state index in [1.165, 1.54) is 12.6 Å². The number of fused-ring (bicyclic) bond motifs is 2. The number of aromatic nitrogens is 2. The van der Waals surface area contributed by atoms with Crippen LogP contribution in [-0.2, 0) is 0 Å².